The van der Waals surface area contributed by atoms with E-state index < -0.39 is 0 Å². The van der Waals surface area contributed by atoms with Gasteiger partial charge in [0, 0.05) is 23.5 Å². The third-order valence-corrected chi connectivity index (χ3v) is 5.08. The smallest absolute Gasteiger partial charge is 0.124 e. The Bertz CT molecular complexity index is 495. The fourth-order valence-corrected chi connectivity index (χ4v) is 4.41. The van der Waals surface area contributed by atoms with Gasteiger partial charge in [0.1, 0.15) is 6.26 Å². The third-order valence-electron chi connectivity index (χ3n) is 3.10. The highest BCUT2D eigenvalue weighted by atomic mass is 127. The van der Waals surface area contributed by atoms with Gasteiger partial charge in [-0.3, -0.25) is 0 Å². The van der Waals surface area contributed by atoms with Crippen LogP contribution in [0.2, 0.25) is 0 Å². The van der Waals surface area contributed by atoms with Gasteiger partial charge in [0.15, 0.2) is 0 Å². The van der Waals surface area contributed by atoms with E-state index in [1.807, 2.05) is 17.4 Å². The molecule has 0 aliphatic heterocycles. The topological polar surface area (TPSA) is 38.1 Å². The molecule has 1 atom stereocenters. The van der Waals surface area contributed by atoms with Crippen LogP contribution < -0.4 is 5.32 Å². The number of aryl methyl sites for hydroxylation is 1. The molecule has 0 saturated carbocycles. The summed E-state index contributed by atoms with van der Waals surface area (Å²) in [6.45, 7) is 0.785. The lowest BCUT2D eigenvalue weighted by Crippen LogP contribution is -2.23. The summed E-state index contributed by atoms with van der Waals surface area (Å²) in [5, 5.41) is 7.50. The fourth-order valence-electron chi connectivity index (χ4n) is 2.29. The molecule has 0 amide bonds. The van der Waals surface area contributed by atoms with Crippen LogP contribution in [-0.4, -0.2) is 5.16 Å². The average molecular weight is 360 g/mol. The van der Waals surface area contributed by atoms with E-state index in [1.54, 1.807) is 11.1 Å². The zero-order chi connectivity index (χ0) is 11.7. The molecule has 1 unspecified atom stereocenters. The van der Waals surface area contributed by atoms with Crippen LogP contribution in [-0.2, 0) is 13.0 Å². The Morgan fingerprint density at radius 2 is 2.53 bits per heavy atom. The molecule has 0 bridgehead atoms. The highest BCUT2D eigenvalue weighted by Gasteiger charge is 2.22. The van der Waals surface area contributed by atoms with E-state index in [1.165, 1.54) is 27.7 Å². The predicted octanol–water partition coefficient (Wildman–Crippen LogP) is 3.51. The first kappa shape index (κ1) is 11.7. The molecule has 17 heavy (non-hydrogen) atoms. The molecule has 3 rings (SSSR count). The number of hydrogen-bond donors (Lipinski definition) is 1. The van der Waals surface area contributed by atoms with E-state index in [-0.39, 0.29) is 0 Å². The van der Waals surface area contributed by atoms with E-state index in [4.69, 9.17) is 4.52 Å². The second-order valence-electron chi connectivity index (χ2n) is 4.25. The van der Waals surface area contributed by atoms with Crippen molar-refractivity contribution in [1.82, 2.24) is 10.5 Å². The standard InChI is InChI=1S/C12H13IN2OS/c13-12-6-9-10(2-1-3-11(9)17-12)14-7-8-4-5-16-15-8/h4-6,10,14H,1-3,7H2. The minimum absolute atomic E-state index is 0.482. The van der Waals surface area contributed by atoms with Crippen molar-refractivity contribution in [3.05, 3.63) is 37.4 Å². The van der Waals surface area contributed by atoms with E-state index in [0.29, 0.717) is 6.04 Å². The Labute approximate surface area is 118 Å². The second kappa shape index (κ2) is 5.07. The molecular weight excluding hydrogens is 347 g/mol. The van der Waals surface area contributed by atoms with Gasteiger partial charge in [-0.25, -0.2) is 0 Å². The van der Waals surface area contributed by atoms with E-state index in [0.717, 1.165) is 12.2 Å². The number of nitrogens with zero attached hydrogens (tertiary/aromatic N) is 1. The number of aromatic nitrogens is 1. The van der Waals surface area contributed by atoms with Crippen molar-refractivity contribution in [3.63, 3.8) is 0 Å². The Balaban J connectivity index is 1.72. The van der Waals surface area contributed by atoms with E-state index >= 15 is 0 Å². The molecule has 2 aromatic rings. The highest BCUT2D eigenvalue weighted by Crippen LogP contribution is 2.36. The van der Waals surface area contributed by atoms with Crippen LogP contribution in [0.3, 0.4) is 0 Å². The van der Waals surface area contributed by atoms with Crippen LogP contribution in [0.1, 0.15) is 35.0 Å². The van der Waals surface area contributed by atoms with Crippen LogP contribution in [0.25, 0.3) is 0 Å². The van der Waals surface area contributed by atoms with Crippen molar-refractivity contribution in [1.29, 1.82) is 0 Å². The minimum Gasteiger partial charge on any atom is -0.364 e. The molecule has 2 aromatic heterocycles. The lowest BCUT2D eigenvalue weighted by Gasteiger charge is -2.23. The molecular formula is C12H13IN2OS. The van der Waals surface area contributed by atoms with Gasteiger partial charge >= 0.3 is 0 Å². The molecule has 1 aliphatic rings. The van der Waals surface area contributed by atoms with Gasteiger partial charge in [0.25, 0.3) is 0 Å². The second-order valence-corrected chi connectivity index (χ2v) is 7.28. The van der Waals surface area contributed by atoms with Gasteiger partial charge < -0.3 is 9.84 Å². The quantitative estimate of drug-likeness (QED) is 0.852. The Kier molecular flexibility index (Phi) is 3.49. The molecule has 5 heteroatoms. The maximum absolute atomic E-state index is 4.84. The number of thiophene rings is 1. The maximum atomic E-state index is 4.84. The first-order valence-corrected chi connectivity index (χ1v) is 7.63. The normalized spacial score (nSPS) is 19.2. The number of hydrogen-bond acceptors (Lipinski definition) is 4. The summed E-state index contributed by atoms with van der Waals surface area (Å²) >= 11 is 4.34. The SMILES string of the molecule is Ic1cc2c(s1)CCCC2NCc1ccon1. The summed E-state index contributed by atoms with van der Waals surface area (Å²) in [7, 11) is 0. The lowest BCUT2D eigenvalue weighted by atomic mass is 9.94. The molecule has 90 valence electrons. The summed E-state index contributed by atoms with van der Waals surface area (Å²) in [5.74, 6) is 0. The van der Waals surface area contributed by atoms with Crippen molar-refractivity contribution in [2.24, 2.45) is 0 Å². The Hall–Kier alpha value is -0.400. The zero-order valence-electron chi connectivity index (χ0n) is 9.28. The zero-order valence-corrected chi connectivity index (χ0v) is 12.3. The minimum atomic E-state index is 0.482. The van der Waals surface area contributed by atoms with Gasteiger partial charge in [-0.15, -0.1) is 11.3 Å². The van der Waals surface area contributed by atoms with Crippen molar-refractivity contribution in [2.45, 2.75) is 31.8 Å². The molecule has 0 radical (unpaired) electrons. The first-order valence-electron chi connectivity index (χ1n) is 5.73. The van der Waals surface area contributed by atoms with Crippen molar-refractivity contribution in [3.8, 4) is 0 Å². The highest BCUT2D eigenvalue weighted by molar-refractivity contribution is 14.1. The van der Waals surface area contributed by atoms with Gasteiger partial charge in [-0.1, -0.05) is 5.16 Å². The van der Waals surface area contributed by atoms with E-state index in [2.05, 4.69) is 39.1 Å². The number of halogens is 1. The van der Waals surface area contributed by atoms with Crippen LogP contribution >= 0.6 is 33.9 Å². The molecule has 0 aromatic carbocycles. The number of fused-ring (bicyclic) bond motifs is 1. The van der Waals surface area contributed by atoms with Gasteiger partial charge in [-0.2, -0.15) is 0 Å². The van der Waals surface area contributed by atoms with Crippen LogP contribution in [0.15, 0.2) is 22.9 Å². The average Bonchev–Trinajstić information content (AvgIpc) is 2.93. The van der Waals surface area contributed by atoms with Crippen LogP contribution in [0, 0.1) is 2.88 Å². The van der Waals surface area contributed by atoms with Gasteiger partial charge in [0.05, 0.1) is 8.58 Å². The largest absolute Gasteiger partial charge is 0.364 e. The number of nitrogens with one attached hydrogen (secondary N) is 1. The van der Waals surface area contributed by atoms with Crippen molar-refractivity contribution < 1.29 is 4.52 Å². The third kappa shape index (κ3) is 2.56. The lowest BCUT2D eigenvalue weighted by molar-refractivity contribution is 0.399. The molecule has 0 saturated heterocycles. The maximum Gasteiger partial charge on any atom is 0.124 e. The molecule has 2 heterocycles. The van der Waals surface area contributed by atoms with Crippen LogP contribution in [0.4, 0.5) is 0 Å². The van der Waals surface area contributed by atoms with Gasteiger partial charge in [-0.05, 0) is 53.5 Å². The summed E-state index contributed by atoms with van der Waals surface area (Å²) in [5.41, 5.74) is 2.47. The molecule has 1 N–H and O–H groups in total. The summed E-state index contributed by atoms with van der Waals surface area (Å²) in [6, 6.07) is 4.71. The molecule has 0 spiro atoms. The predicted molar refractivity (Wildman–Crippen MR) is 76.1 cm³/mol. The fraction of sp³-hybridized carbons (Fsp3) is 0.417. The molecule has 3 nitrogen and oxygen atoms in total. The monoisotopic (exact) mass is 360 g/mol. The summed E-state index contributed by atoms with van der Waals surface area (Å²) in [6.07, 6.45) is 5.36. The first-order chi connectivity index (χ1) is 8.33. The van der Waals surface area contributed by atoms with E-state index in [9.17, 15) is 0 Å². The summed E-state index contributed by atoms with van der Waals surface area (Å²) in [4.78, 5) is 1.55. The Morgan fingerprint density at radius 1 is 1.59 bits per heavy atom. The number of rotatable bonds is 3. The van der Waals surface area contributed by atoms with Gasteiger partial charge in [0.2, 0.25) is 0 Å². The molecule has 1 aliphatic carbocycles. The summed E-state index contributed by atoms with van der Waals surface area (Å²) < 4.78 is 6.23. The molecule has 0 fully saturated rings. The van der Waals surface area contributed by atoms with Crippen molar-refractivity contribution >= 4 is 33.9 Å². The van der Waals surface area contributed by atoms with Crippen LogP contribution in [0.5, 0.6) is 0 Å². The Morgan fingerprint density at radius 3 is 3.35 bits per heavy atom. The van der Waals surface area contributed by atoms with Crippen molar-refractivity contribution in [2.75, 3.05) is 0 Å².